The number of ether oxygens (including phenoxy) is 1. The van der Waals surface area contributed by atoms with Gasteiger partial charge in [-0.3, -0.25) is 0 Å². The Bertz CT molecular complexity index is 108. The van der Waals surface area contributed by atoms with Crippen LogP contribution in [0.4, 0.5) is 0 Å². The fraction of sp³-hybridized carbons (Fsp3) is 1.00. The summed E-state index contributed by atoms with van der Waals surface area (Å²) in [4.78, 5) is 0. The fourth-order valence-corrected chi connectivity index (χ4v) is 1.52. The third-order valence-corrected chi connectivity index (χ3v) is 2.47. The van der Waals surface area contributed by atoms with Gasteiger partial charge in [-0.15, -0.1) is 0 Å². The molecule has 0 aliphatic carbocycles. The lowest BCUT2D eigenvalue weighted by Gasteiger charge is -2.29. The van der Waals surface area contributed by atoms with Gasteiger partial charge in [0.2, 0.25) is 0 Å². The van der Waals surface area contributed by atoms with E-state index in [4.69, 9.17) is 10.5 Å². The zero-order valence-electron chi connectivity index (χ0n) is 6.89. The number of hydrogen-bond donors (Lipinski definition) is 1. The van der Waals surface area contributed by atoms with Crippen LogP contribution in [0.1, 0.15) is 33.1 Å². The molecule has 1 heterocycles. The predicted molar refractivity (Wildman–Crippen MR) is 41.9 cm³/mol. The Kier molecular flexibility index (Phi) is 2.32. The van der Waals surface area contributed by atoms with Crippen molar-refractivity contribution < 1.29 is 4.74 Å². The lowest BCUT2D eigenvalue weighted by atomic mass is 9.92. The highest BCUT2D eigenvalue weighted by Crippen LogP contribution is 2.28. The van der Waals surface area contributed by atoms with Crippen molar-refractivity contribution >= 4 is 0 Å². The molecule has 2 heteroatoms. The summed E-state index contributed by atoms with van der Waals surface area (Å²) in [6, 6.07) is 0.218. The van der Waals surface area contributed by atoms with Gasteiger partial charge >= 0.3 is 0 Å². The molecule has 1 saturated heterocycles. The maximum Gasteiger partial charge on any atom is 0.0805 e. The molecule has 2 atom stereocenters. The van der Waals surface area contributed by atoms with Crippen molar-refractivity contribution in [1.82, 2.24) is 0 Å². The summed E-state index contributed by atoms with van der Waals surface area (Å²) in [7, 11) is 0. The molecule has 1 aliphatic heterocycles. The van der Waals surface area contributed by atoms with E-state index in [1.54, 1.807) is 0 Å². The van der Waals surface area contributed by atoms with Crippen LogP contribution in [0.25, 0.3) is 0 Å². The van der Waals surface area contributed by atoms with Crippen LogP contribution in [-0.2, 0) is 4.74 Å². The van der Waals surface area contributed by atoms with Crippen molar-refractivity contribution in [1.29, 1.82) is 0 Å². The first-order valence-electron chi connectivity index (χ1n) is 4.08. The Morgan fingerprint density at radius 3 is 2.80 bits per heavy atom. The quantitative estimate of drug-likeness (QED) is 0.632. The van der Waals surface area contributed by atoms with Crippen LogP contribution in [0.2, 0.25) is 0 Å². The van der Waals surface area contributed by atoms with Crippen molar-refractivity contribution in [2.75, 3.05) is 6.61 Å². The van der Waals surface area contributed by atoms with Crippen LogP contribution in [0.5, 0.6) is 0 Å². The molecule has 0 aromatic rings. The van der Waals surface area contributed by atoms with Gasteiger partial charge in [-0.25, -0.2) is 0 Å². The van der Waals surface area contributed by atoms with Gasteiger partial charge in [-0.2, -0.15) is 0 Å². The first kappa shape index (κ1) is 8.02. The standard InChI is InChI=1S/C8H17NO/c1-3-7(9)8(2)5-4-6-10-8/h7H,3-6,9H2,1-2H3/t7-,8?/m0/s1. The summed E-state index contributed by atoms with van der Waals surface area (Å²) >= 11 is 0. The summed E-state index contributed by atoms with van der Waals surface area (Å²) in [5, 5.41) is 0. The molecule has 0 spiro atoms. The second-order valence-electron chi connectivity index (χ2n) is 3.28. The Balaban J connectivity index is 2.49. The topological polar surface area (TPSA) is 35.2 Å². The van der Waals surface area contributed by atoms with Crippen molar-refractivity contribution in [2.24, 2.45) is 5.73 Å². The van der Waals surface area contributed by atoms with Crippen LogP contribution in [0.3, 0.4) is 0 Å². The summed E-state index contributed by atoms with van der Waals surface area (Å²) < 4.78 is 5.57. The molecule has 1 unspecified atom stereocenters. The Morgan fingerprint density at radius 2 is 2.40 bits per heavy atom. The fourth-order valence-electron chi connectivity index (χ4n) is 1.52. The van der Waals surface area contributed by atoms with E-state index in [0.717, 1.165) is 19.4 Å². The molecule has 0 saturated carbocycles. The van der Waals surface area contributed by atoms with E-state index in [9.17, 15) is 0 Å². The molecule has 0 radical (unpaired) electrons. The normalized spacial score (nSPS) is 36.3. The smallest absolute Gasteiger partial charge is 0.0805 e. The maximum atomic E-state index is 5.89. The molecule has 0 aromatic carbocycles. The Labute approximate surface area is 62.7 Å². The van der Waals surface area contributed by atoms with E-state index in [2.05, 4.69) is 13.8 Å². The van der Waals surface area contributed by atoms with Gasteiger partial charge in [-0.1, -0.05) is 6.92 Å². The summed E-state index contributed by atoms with van der Waals surface area (Å²) in [5.41, 5.74) is 5.87. The van der Waals surface area contributed by atoms with Crippen LogP contribution in [-0.4, -0.2) is 18.2 Å². The second kappa shape index (κ2) is 2.89. The largest absolute Gasteiger partial charge is 0.374 e. The summed E-state index contributed by atoms with van der Waals surface area (Å²) in [6.07, 6.45) is 3.31. The van der Waals surface area contributed by atoms with E-state index in [1.165, 1.54) is 6.42 Å². The third kappa shape index (κ3) is 1.32. The molecule has 0 aromatic heterocycles. The minimum Gasteiger partial charge on any atom is -0.374 e. The van der Waals surface area contributed by atoms with Gasteiger partial charge in [0.05, 0.1) is 5.60 Å². The molecule has 1 fully saturated rings. The molecule has 0 bridgehead atoms. The molecule has 60 valence electrons. The molecule has 1 rings (SSSR count). The summed E-state index contributed by atoms with van der Waals surface area (Å²) in [6.45, 7) is 5.12. The van der Waals surface area contributed by atoms with Gasteiger partial charge in [0.25, 0.3) is 0 Å². The van der Waals surface area contributed by atoms with Crippen molar-refractivity contribution in [3.05, 3.63) is 0 Å². The Hall–Kier alpha value is -0.0800. The number of hydrogen-bond acceptors (Lipinski definition) is 2. The van der Waals surface area contributed by atoms with Crippen molar-refractivity contribution in [3.8, 4) is 0 Å². The zero-order chi connectivity index (χ0) is 7.61. The van der Waals surface area contributed by atoms with Gasteiger partial charge in [-0.05, 0) is 26.2 Å². The lowest BCUT2D eigenvalue weighted by molar-refractivity contribution is -0.00186. The monoisotopic (exact) mass is 143 g/mol. The average molecular weight is 143 g/mol. The van der Waals surface area contributed by atoms with Crippen LogP contribution < -0.4 is 5.73 Å². The molecule has 1 aliphatic rings. The molecule has 2 N–H and O–H groups in total. The maximum absolute atomic E-state index is 5.89. The van der Waals surface area contributed by atoms with E-state index < -0.39 is 0 Å². The van der Waals surface area contributed by atoms with E-state index in [0.29, 0.717) is 0 Å². The van der Waals surface area contributed by atoms with Crippen LogP contribution in [0, 0.1) is 0 Å². The average Bonchev–Trinajstić information content (AvgIpc) is 2.36. The van der Waals surface area contributed by atoms with Crippen molar-refractivity contribution in [2.45, 2.75) is 44.8 Å². The minimum atomic E-state index is -0.0191. The molecule has 0 amide bonds. The van der Waals surface area contributed by atoms with Gasteiger partial charge in [0.15, 0.2) is 0 Å². The van der Waals surface area contributed by atoms with Gasteiger partial charge < -0.3 is 10.5 Å². The zero-order valence-corrected chi connectivity index (χ0v) is 6.89. The predicted octanol–water partition coefficient (Wildman–Crippen LogP) is 1.29. The van der Waals surface area contributed by atoms with Gasteiger partial charge in [0, 0.05) is 12.6 Å². The highest BCUT2D eigenvalue weighted by atomic mass is 16.5. The molecule has 10 heavy (non-hydrogen) atoms. The summed E-state index contributed by atoms with van der Waals surface area (Å²) in [5.74, 6) is 0. The number of nitrogens with two attached hydrogens (primary N) is 1. The highest BCUT2D eigenvalue weighted by Gasteiger charge is 2.34. The second-order valence-corrected chi connectivity index (χ2v) is 3.28. The number of rotatable bonds is 2. The SMILES string of the molecule is CC[C@H](N)C1(C)CCCO1. The third-order valence-electron chi connectivity index (χ3n) is 2.47. The van der Waals surface area contributed by atoms with Crippen LogP contribution >= 0.6 is 0 Å². The van der Waals surface area contributed by atoms with Gasteiger partial charge in [0.1, 0.15) is 0 Å². The van der Waals surface area contributed by atoms with E-state index in [-0.39, 0.29) is 11.6 Å². The Morgan fingerprint density at radius 1 is 1.70 bits per heavy atom. The van der Waals surface area contributed by atoms with Crippen LogP contribution in [0.15, 0.2) is 0 Å². The van der Waals surface area contributed by atoms with E-state index in [1.807, 2.05) is 0 Å². The highest BCUT2D eigenvalue weighted by molar-refractivity contribution is 4.89. The lowest BCUT2D eigenvalue weighted by Crippen LogP contribution is -2.44. The first-order valence-corrected chi connectivity index (χ1v) is 4.08. The molecular formula is C8H17NO. The minimum absolute atomic E-state index is 0.0191. The van der Waals surface area contributed by atoms with E-state index >= 15 is 0 Å². The van der Waals surface area contributed by atoms with Crippen molar-refractivity contribution in [3.63, 3.8) is 0 Å². The first-order chi connectivity index (χ1) is 4.69. The molecule has 2 nitrogen and oxygen atoms in total. The molecular weight excluding hydrogens is 126 g/mol.